The van der Waals surface area contributed by atoms with Gasteiger partial charge in [-0.25, -0.2) is 4.98 Å². The van der Waals surface area contributed by atoms with E-state index in [1.165, 1.54) is 0 Å². The third kappa shape index (κ3) is 5.45. The van der Waals surface area contributed by atoms with Crippen LogP contribution in [0, 0.1) is 20.8 Å². The van der Waals surface area contributed by atoms with Gasteiger partial charge in [0.1, 0.15) is 5.01 Å². The molecule has 7 nitrogen and oxygen atoms in total. The molecule has 0 unspecified atom stereocenters. The van der Waals surface area contributed by atoms with Gasteiger partial charge >= 0.3 is 11.8 Å². The number of carbonyl (C=O) groups is 2. The first-order valence-electron chi connectivity index (χ1n) is 10.2. The van der Waals surface area contributed by atoms with Gasteiger partial charge in [-0.05, 0) is 50.6 Å². The Balaban J connectivity index is 1.59. The Morgan fingerprint density at radius 3 is 2.41 bits per heavy atom. The molecule has 0 saturated heterocycles. The molecule has 8 heteroatoms. The molecule has 32 heavy (non-hydrogen) atoms. The van der Waals surface area contributed by atoms with Crippen LogP contribution in [0.1, 0.15) is 21.7 Å². The number of thiazole rings is 1. The Hall–Kier alpha value is -3.39. The van der Waals surface area contributed by atoms with Gasteiger partial charge in [0.25, 0.3) is 0 Å². The Bertz CT molecular complexity index is 1140. The molecule has 0 radical (unpaired) electrons. The number of carbonyl (C=O) groups excluding carboxylic acids is 2. The summed E-state index contributed by atoms with van der Waals surface area (Å²) < 4.78 is 10.7. The molecule has 1 heterocycles. The molecule has 0 spiro atoms. The first-order valence-corrected chi connectivity index (χ1v) is 11.0. The molecule has 0 fully saturated rings. The molecule has 0 atom stereocenters. The summed E-state index contributed by atoms with van der Waals surface area (Å²) in [6.45, 7) is 6.14. The lowest BCUT2D eigenvalue weighted by atomic mass is 10.1. The second kappa shape index (κ2) is 10.3. The standard InChI is InChI=1S/C24H27N3O4S/c1-14-6-8-18(15(2)12-14)27-23(29)22(28)25-11-10-21-16(3)26-24(32-21)17-7-9-19(30-4)20(13-17)31-5/h6-9,12-13H,10-11H2,1-5H3,(H,25,28)(H,27,29). The lowest BCUT2D eigenvalue weighted by Gasteiger charge is -2.09. The van der Waals surface area contributed by atoms with Crippen LogP contribution in [0.25, 0.3) is 10.6 Å². The van der Waals surface area contributed by atoms with E-state index in [4.69, 9.17) is 9.47 Å². The highest BCUT2D eigenvalue weighted by atomic mass is 32.1. The maximum atomic E-state index is 12.2. The van der Waals surface area contributed by atoms with E-state index in [1.54, 1.807) is 31.6 Å². The molecule has 2 N–H and O–H groups in total. The minimum absolute atomic E-state index is 0.341. The fraction of sp³-hybridized carbons (Fsp3) is 0.292. The highest BCUT2D eigenvalue weighted by molar-refractivity contribution is 7.15. The number of nitrogens with one attached hydrogen (secondary N) is 2. The molecule has 0 aliphatic carbocycles. The van der Waals surface area contributed by atoms with Crippen molar-refractivity contribution in [2.45, 2.75) is 27.2 Å². The molecule has 0 aliphatic rings. The predicted molar refractivity (Wildman–Crippen MR) is 127 cm³/mol. The van der Waals surface area contributed by atoms with E-state index in [-0.39, 0.29) is 0 Å². The van der Waals surface area contributed by atoms with Gasteiger partial charge in [0.2, 0.25) is 0 Å². The second-order valence-corrected chi connectivity index (χ2v) is 8.46. The van der Waals surface area contributed by atoms with Crippen LogP contribution in [0.5, 0.6) is 11.5 Å². The number of anilines is 1. The van der Waals surface area contributed by atoms with Crippen molar-refractivity contribution in [3.05, 3.63) is 58.1 Å². The number of benzene rings is 2. The number of aryl methyl sites for hydroxylation is 3. The number of ether oxygens (including phenoxy) is 2. The second-order valence-electron chi connectivity index (χ2n) is 7.38. The molecule has 3 aromatic rings. The highest BCUT2D eigenvalue weighted by Gasteiger charge is 2.16. The Morgan fingerprint density at radius 1 is 0.969 bits per heavy atom. The number of amides is 2. The van der Waals surface area contributed by atoms with E-state index in [0.717, 1.165) is 32.3 Å². The number of methoxy groups -OCH3 is 2. The number of rotatable bonds is 7. The third-order valence-electron chi connectivity index (χ3n) is 5.00. The Kier molecular flexibility index (Phi) is 7.48. The van der Waals surface area contributed by atoms with Crippen molar-refractivity contribution in [3.63, 3.8) is 0 Å². The first-order chi connectivity index (χ1) is 15.3. The largest absolute Gasteiger partial charge is 0.493 e. The van der Waals surface area contributed by atoms with Gasteiger partial charge < -0.3 is 20.1 Å². The summed E-state index contributed by atoms with van der Waals surface area (Å²) in [6.07, 6.45) is 0.583. The zero-order valence-corrected chi connectivity index (χ0v) is 19.7. The SMILES string of the molecule is COc1ccc(-c2nc(C)c(CCNC(=O)C(=O)Nc3ccc(C)cc3C)s2)cc1OC. The molecule has 3 rings (SSSR count). The van der Waals surface area contributed by atoms with Crippen LogP contribution in [-0.4, -0.2) is 37.6 Å². The number of hydrogen-bond donors (Lipinski definition) is 2. The Morgan fingerprint density at radius 2 is 1.72 bits per heavy atom. The van der Waals surface area contributed by atoms with Gasteiger partial charge in [-0.15, -0.1) is 11.3 Å². The molecule has 2 aromatic carbocycles. The summed E-state index contributed by atoms with van der Waals surface area (Å²) in [4.78, 5) is 30.1. The van der Waals surface area contributed by atoms with Crippen LogP contribution in [0.15, 0.2) is 36.4 Å². The zero-order chi connectivity index (χ0) is 23.3. The first kappa shape index (κ1) is 23.3. The zero-order valence-electron chi connectivity index (χ0n) is 18.9. The summed E-state index contributed by atoms with van der Waals surface area (Å²) in [5, 5.41) is 6.20. The molecule has 1 aromatic heterocycles. The Labute approximate surface area is 191 Å². The van der Waals surface area contributed by atoms with Gasteiger partial charge in [0.15, 0.2) is 11.5 Å². The summed E-state index contributed by atoms with van der Waals surface area (Å²) in [5.74, 6) is -0.0377. The quantitative estimate of drug-likeness (QED) is 0.527. The maximum Gasteiger partial charge on any atom is 0.313 e. The van der Waals surface area contributed by atoms with Crippen LogP contribution < -0.4 is 20.1 Å². The van der Waals surface area contributed by atoms with Crippen LogP contribution in [0.3, 0.4) is 0 Å². The summed E-state index contributed by atoms with van der Waals surface area (Å²) >= 11 is 1.55. The summed E-state index contributed by atoms with van der Waals surface area (Å²) in [5.41, 5.74) is 4.47. The minimum atomic E-state index is -0.677. The molecular weight excluding hydrogens is 426 g/mol. The van der Waals surface area contributed by atoms with E-state index in [9.17, 15) is 9.59 Å². The van der Waals surface area contributed by atoms with Crippen molar-refractivity contribution in [2.75, 3.05) is 26.1 Å². The van der Waals surface area contributed by atoms with E-state index in [1.807, 2.05) is 51.1 Å². The van der Waals surface area contributed by atoms with Crippen molar-refractivity contribution < 1.29 is 19.1 Å². The van der Waals surface area contributed by atoms with Crippen molar-refractivity contribution >= 4 is 28.8 Å². The maximum absolute atomic E-state index is 12.2. The highest BCUT2D eigenvalue weighted by Crippen LogP contribution is 2.35. The number of nitrogens with zero attached hydrogens (tertiary/aromatic N) is 1. The number of aromatic nitrogens is 1. The van der Waals surface area contributed by atoms with Crippen LogP contribution in [-0.2, 0) is 16.0 Å². The fourth-order valence-corrected chi connectivity index (χ4v) is 4.31. The van der Waals surface area contributed by atoms with Crippen molar-refractivity contribution in [1.29, 1.82) is 0 Å². The normalized spacial score (nSPS) is 10.5. The average Bonchev–Trinajstić information content (AvgIpc) is 3.15. The van der Waals surface area contributed by atoms with Crippen LogP contribution >= 0.6 is 11.3 Å². The van der Waals surface area contributed by atoms with Gasteiger partial charge in [0, 0.05) is 29.1 Å². The predicted octanol–water partition coefficient (Wildman–Crippen LogP) is 4.05. The van der Waals surface area contributed by atoms with Crippen molar-refractivity contribution in [1.82, 2.24) is 10.3 Å². The van der Waals surface area contributed by atoms with Crippen molar-refractivity contribution in [2.24, 2.45) is 0 Å². The van der Waals surface area contributed by atoms with Crippen molar-refractivity contribution in [3.8, 4) is 22.1 Å². The summed E-state index contributed by atoms with van der Waals surface area (Å²) in [7, 11) is 3.19. The van der Waals surface area contributed by atoms with Gasteiger partial charge in [-0.1, -0.05) is 17.7 Å². The minimum Gasteiger partial charge on any atom is -0.493 e. The molecular formula is C24H27N3O4S. The smallest absolute Gasteiger partial charge is 0.313 e. The van der Waals surface area contributed by atoms with Crippen LogP contribution in [0.4, 0.5) is 5.69 Å². The number of hydrogen-bond acceptors (Lipinski definition) is 6. The molecule has 0 saturated carbocycles. The topological polar surface area (TPSA) is 89.5 Å². The lowest BCUT2D eigenvalue weighted by molar-refractivity contribution is -0.136. The fourth-order valence-electron chi connectivity index (χ4n) is 3.26. The molecule has 2 amide bonds. The van der Waals surface area contributed by atoms with E-state index < -0.39 is 11.8 Å². The van der Waals surface area contributed by atoms with Crippen LogP contribution in [0.2, 0.25) is 0 Å². The molecule has 0 aliphatic heterocycles. The average molecular weight is 454 g/mol. The van der Waals surface area contributed by atoms with E-state index in [2.05, 4.69) is 15.6 Å². The molecule has 0 bridgehead atoms. The third-order valence-corrected chi connectivity index (χ3v) is 6.26. The van der Waals surface area contributed by atoms with Gasteiger partial charge in [0.05, 0.1) is 19.9 Å². The summed E-state index contributed by atoms with van der Waals surface area (Å²) in [6, 6.07) is 11.3. The van der Waals surface area contributed by atoms with Gasteiger partial charge in [-0.3, -0.25) is 9.59 Å². The van der Waals surface area contributed by atoms with E-state index in [0.29, 0.717) is 30.2 Å². The van der Waals surface area contributed by atoms with Gasteiger partial charge in [-0.2, -0.15) is 0 Å². The molecule has 168 valence electrons. The monoisotopic (exact) mass is 453 g/mol. The van der Waals surface area contributed by atoms with E-state index >= 15 is 0 Å². The lowest BCUT2D eigenvalue weighted by Crippen LogP contribution is -2.36.